The number of halogens is 1. The minimum atomic E-state index is -0.527. The van der Waals surface area contributed by atoms with Crippen LogP contribution in [-0.4, -0.2) is 27.5 Å². The molecule has 0 aromatic rings. The van der Waals surface area contributed by atoms with Gasteiger partial charge in [-0.1, -0.05) is 22.9 Å². The fourth-order valence-electron chi connectivity index (χ4n) is 5.52. The zero-order valence-electron chi connectivity index (χ0n) is 12.8. The maximum Gasteiger partial charge on any atom is 0.226 e. The molecular weight excluding hydrogens is 318 g/mol. The van der Waals surface area contributed by atoms with Crippen LogP contribution in [0, 0.1) is 16.7 Å². The van der Waals surface area contributed by atoms with Gasteiger partial charge in [0, 0.05) is 4.32 Å². The number of nitrogens with one attached hydrogen (secondary N) is 1. The van der Waals surface area contributed by atoms with Crippen LogP contribution in [0.15, 0.2) is 0 Å². The van der Waals surface area contributed by atoms with Gasteiger partial charge in [-0.05, 0) is 63.7 Å². The van der Waals surface area contributed by atoms with Crippen molar-refractivity contribution in [2.45, 2.75) is 69.2 Å². The summed E-state index contributed by atoms with van der Waals surface area (Å²) >= 11 is 3.96. The molecule has 0 saturated heterocycles. The van der Waals surface area contributed by atoms with Crippen molar-refractivity contribution in [1.82, 2.24) is 5.32 Å². The summed E-state index contributed by atoms with van der Waals surface area (Å²) in [5.41, 5.74) is -0.436. The monoisotopic (exact) mass is 343 g/mol. The van der Waals surface area contributed by atoms with Crippen molar-refractivity contribution in [2.24, 2.45) is 16.7 Å². The molecule has 114 valence electrons. The number of carbonyl (C=O) groups is 1. The van der Waals surface area contributed by atoms with Crippen LogP contribution < -0.4 is 5.32 Å². The van der Waals surface area contributed by atoms with Crippen molar-refractivity contribution < 1.29 is 9.90 Å². The molecule has 20 heavy (non-hydrogen) atoms. The molecule has 3 nitrogen and oxygen atoms in total. The molecule has 4 atom stereocenters. The van der Waals surface area contributed by atoms with E-state index in [9.17, 15) is 9.90 Å². The Balaban J connectivity index is 1.87. The zero-order valence-corrected chi connectivity index (χ0v) is 14.3. The molecule has 0 spiro atoms. The Morgan fingerprint density at radius 2 is 2.00 bits per heavy atom. The first-order chi connectivity index (χ1) is 9.10. The van der Waals surface area contributed by atoms with Gasteiger partial charge in [0.15, 0.2) is 0 Å². The van der Waals surface area contributed by atoms with E-state index in [0.29, 0.717) is 11.3 Å². The molecule has 4 aliphatic rings. The van der Waals surface area contributed by atoms with Crippen LogP contribution >= 0.6 is 15.9 Å². The molecule has 4 heteroatoms. The molecule has 0 heterocycles. The quantitative estimate of drug-likeness (QED) is 0.774. The number of amides is 1. The Morgan fingerprint density at radius 1 is 1.30 bits per heavy atom. The molecule has 1 amide bonds. The van der Waals surface area contributed by atoms with E-state index in [2.05, 4.69) is 28.2 Å². The van der Waals surface area contributed by atoms with Crippen LogP contribution in [0.5, 0.6) is 0 Å². The van der Waals surface area contributed by atoms with Gasteiger partial charge in [0.25, 0.3) is 0 Å². The van der Waals surface area contributed by atoms with Gasteiger partial charge in [0.2, 0.25) is 5.91 Å². The first-order valence-electron chi connectivity index (χ1n) is 7.72. The summed E-state index contributed by atoms with van der Waals surface area (Å²) in [5.74, 6) is 0.842. The Morgan fingerprint density at radius 3 is 2.55 bits per heavy atom. The highest BCUT2D eigenvalue weighted by atomic mass is 79.9. The third-order valence-electron chi connectivity index (χ3n) is 5.61. The summed E-state index contributed by atoms with van der Waals surface area (Å²) in [4.78, 5) is 12.9. The molecule has 0 aromatic heterocycles. The van der Waals surface area contributed by atoms with Crippen LogP contribution in [0.4, 0.5) is 0 Å². The average Bonchev–Trinajstić information content (AvgIpc) is 2.23. The highest BCUT2D eigenvalue weighted by molar-refractivity contribution is 9.10. The number of carbonyl (C=O) groups excluding carboxylic acids is 1. The fraction of sp³-hybridized carbons (Fsp3) is 0.938. The van der Waals surface area contributed by atoms with Crippen molar-refractivity contribution in [2.75, 3.05) is 6.61 Å². The van der Waals surface area contributed by atoms with E-state index < -0.39 is 5.54 Å². The largest absolute Gasteiger partial charge is 0.394 e. The number of alkyl halides is 1. The second-order valence-corrected chi connectivity index (χ2v) is 10.4. The van der Waals surface area contributed by atoms with E-state index >= 15 is 0 Å². The van der Waals surface area contributed by atoms with Crippen molar-refractivity contribution in [3.8, 4) is 0 Å². The molecule has 4 bridgehead atoms. The lowest BCUT2D eigenvalue weighted by molar-refractivity contribution is -0.153. The lowest BCUT2D eigenvalue weighted by Crippen LogP contribution is -2.63. The normalized spacial score (nSPS) is 46.5. The minimum Gasteiger partial charge on any atom is -0.394 e. The smallest absolute Gasteiger partial charge is 0.226 e. The van der Waals surface area contributed by atoms with Crippen LogP contribution in [0.2, 0.25) is 0 Å². The second kappa shape index (κ2) is 4.22. The van der Waals surface area contributed by atoms with E-state index in [1.807, 2.05) is 13.8 Å². The maximum atomic E-state index is 12.9. The van der Waals surface area contributed by atoms with Crippen LogP contribution in [-0.2, 0) is 4.79 Å². The molecular formula is C16H26BrNO2. The van der Waals surface area contributed by atoms with E-state index in [0.717, 1.165) is 19.3 Å². The maximum absolute atomic E-state index is 12.9. The van der Waals surface area contributed by atoms with Crippen molar-refractivity contribution >= 4 is 21.8 Å². The van der Waals surface area contributed by atoms with E-state index in [4.69, 9.17) is 0 Å². The number of hydrogen-bond donors (Lipinski definition) is 2. The van der Waals surface area contributed by atoms with Gasteiger partial charge < -0.3 is 10.4 Å². The summed E-state index contributed by atoms with van der Waals surface area (Å²) in [7, 11) is 0. The molecule has 4 saturated carbocycles. The summed E-state index contributed by atoms with van der Waals surface area (Å²) in [5, 5.41) is 12.5. The zero-order chi connectivity index (χ0) is 14.8. The van der Waals surface area contributed by atoms with Gasteiger partial charge >= 0.3 is 0 Å². The highest BCUT2D eigenvalue weighted by Gasteiger charge is 2.63. The Kier molecular flexibility index (Phi) is 3.13. The molecule has 0 radical (unpaired) electrons. The van der Waals surface area contributed by atoms with Gasteiger partial charge in [0.1, 0.15) is 0 Å². The number of aliphatic hydroxyl groups is 1. The summed E-state index contributed by atoms with van der Waals surface area (Å²) in [6, 6.07) is 0. The van der Waals surface area contributed by atoms with Gasteiger partial charge in [0.05, 0.1) is 17.6 Å². The van der Waals surface area contributed by atoms with Gasteiger partial charge in [-0.25, -0.2) is 0 Å². The molecule has 4 rings (SSSR count). The number of rotatable bonds is 3. The van der Waals surface area contributed by atoms with Crippen LogP contribution in [0.3, 0.4) is 0 Å². The molecule has 0 unspecified atom stereocenters. The highest BCUT2D eigenvalue weighted by Crippen LogP contribution is 2.68. The Bertz CT molecular complexity index is 430. The Hall–Kier alpha value is -0.0900. The fourth-order valence-corrected chi connectivity index (χ4v) is 7.20. The molecule has 4 aliphatic carbocycles. The van der Waals surface area contributed by atoms with Gasteiger partial charge in [-0.2, -0.15) is 0 Å². The first-order valence-corrected chi connectivity index (χ1v) is 8.51. The minimum absolute atomic E-state index is 0.0189. The second-order valence-electron chi connectivity index (χ2n) is 8.75. The topological polar surface area (TPSA) is 49.3 Å². The van der Waals surface area contributed by atoms with E-state index in [1.165, 1.54) is 19.3 Å². The van der Waals surface area contributed by atoms with Crippen LogP contribution in [0.1, 0.15) is 59.3 Å². The van der Waals surface area contributed by atoms with E-state index in [1.54, 1.807) is 0 Å². The SMILES string of the molecule is CC(C)(CO)NC(=O)[C@@]12C[C@@H]3C[C@@](C)(C[C@@](Br)(C3)C1)C2. The lowest BCUT2D eigenvalue weighted by atomic mass is 9.44. The predicted molar refractivity (Wildman–Crippen MR) is 82.7 cm³/mol. The van der Waals surface area contributed by atoms with Crippen molar-refractivity contribution in [3.63, 3.8) is 0 Å². The van der Waals surface area contributed by atoms with Crippen LogP contribution in [0.25, 0.3) is 0 Å². The van der Waals surface area contributed by atoms with Gasteiger partial charge in [-0.15, -0.1) is 0 Å². The standard InChI is InChI=1S/C16H26BrNO2/c1-13(2,10-19)18-12(20)15-5-11-4-14(3,7-15)8-16(17,6-11)9-15/h11,19H,4-10H2,1-3H3,(H,18,20)/t11-,14+,15+,16-/m0/s1. The molecule has 4 fully saturated rings. The number of aliphatic hydroxyl groups excluding tert-OH is 1. The Labute approximate surface area is 130 Å². The summed E-state index contributed by atoms with van der Waals surface area (Å²) in [6.07, 6.45) is 6.70. The molecule has 0 aromatic carbocycles. The van der Waals surface area contributed by atoms with Crippen molar-refractivity contribution in [1.29, 1.82) is 0 Å². The summed E-state index contributed by atoms with van der Waals surface area (Å²) in [6.45, 7) is 6.11. The molecule has 2 N–H and O–H groups in total. The van der Waals surface area contributed by atoms with Crippen molar-refractivity contribution in [3.05, 3.63) is 0 Å². The first kappa shape index (κ1) is 14.8. The summed E-state index contributed by atoms with van der Waals surface area (Å²) < 4.78 is 0.169. The molecule has 0 aliphatic heterocycles. The van der Waals surface area contributed by atoms with Gasteiger partial charge in [-0.3, -0.25) is 4.79 Å². The third-order valence-corrected chi connectivity index (χ3v) is 6.49. The van der Waals surface area contributed by atoms with E-state index in [-0.39, 0.29) is 22.3 Å². The lowest BCUT2D eigenvalue weighted by Gasteiger charge is -2.63. The predicted octanol–water partition coefficient (Wildman–Crippen LogP) is 3.00. The number of hydrogen-bond acceptors (Lipinski definition) is 2. The average molecular weight is 344 g/mol. The third kappa shape index (κ3) is 2.33.